The van der Waals surface area contributed by atoms with E-state index in [0.717, 1.165) is 16.7 Å². The van der Waals surface area contributed by atoms with Gasteiger partial charge in [0.15, 0.2) is 5.05 Å². The Kier molecular flexibility index (Phi) is 5.34. The number of carbonyl (C=O) groups is 1. The van der Waals surface area contributed by atoms with Gasteiger partial charge in [-0.2, -0.15) is 0 Å². The second-order valence-corrected chi connectivity index (χ2v) is 6.81. The van der Waals surface area contributed by atoms with Crippen molar-refractivity contribution >= 4 is 23.4 Å². The fourth-order valence-electron chi connectivity index (χ4n) is 2.74. The number of ether oxygens (including phenoxy) is 2. The SMILES string of the molecule is CC(C)[C@@H]1OC(=S)[C@@H]1NC(=O)OCc1ccc(-c2ccccc2)cc1. The van der Waals surface area contributed by atoms with Gasteiger partial charge in [-0.3, -0.25) is 0 Å². The summed E-state index contributed by atoms with van der Waals surface area (Å²) in [6, 6.07) is 17.9. The van der Waals surface area contributed by atoms with E-state index < -0.39 is 6.09 Å². The van der Waals surface area contributed by atoms with Crippen LogP contribution in [0.5, 0.6) is 0 Å². The Labute approximate surface area is 153 Å². The van der Waals surface area contributed by atoms with Gasteiger partial charge in [0, 0.05) is 0 Å². The molecule has 130 valence electrons. The van der Waals surface area contributed by atoms with E-state index in [9.17, 15) is 4.79 Å². The molecule has 2 aromatic carbocycles. The van der Waals surface area contributed by atoms with E-state index in [1.165, 1.54) is 0 Å². The van der Waals surface area contributed by atoms with E-state index in [0.29, 0.717) is 5.05 Å². The first-order valence-electron chi connectivity index (χ1n) is 8.33. The quantitative estimate of drug-likeness (QED) is 0.811. The Morgan fingerprint density at radius 1 is 1.12 bits per heavy atom. The number of rotatable bonds is 5. The summed E-state index contributed by atoms with van der Waals surface area (Å²) in [7, 11) is 0. The van der Waals surface area contributed by atoms with Gasteiger partial charge in [0.05, 0.1) is 0 Å². The van der Waals surface area contributed by atoms with E-state index in [1.807, 2.05) is 56.3 Å². The zero-order valence-corrected chi connectivity index (χ0v) is 15.1. The van der Waals surface area contributed by atoms with Gasteiger partial charge in [0.2, 0.25) is 0 Å². The van der Waals surface area contributed by atoms with Gasteiger partial charge in [-0.25, -0.2) is 4.79 Å². The lowest BCUT2D eigenvalue weighted by molar-refractivity contribution is 0.0436. The molecule has 0 saturated carbocycles. The van der Waals surface area contributed by atoms with Crippen LogP contribution in [0.25, 0.3) is 11.1 Å². The minimum Gasteiger partial charge on any atom is -0.479 e. The minimum absolute atomic E-state index is 0.0785. The Morgan fingerprint density at radius 2 is 1.76 bits per heavy atom. The molecule has 1 aliphatic heterocycles. The van der Waals surface area contributed by atoms with Crippen molar-refractivity contribution in [1.82, 2.24) is 5.32 Å². The average Bonchev–Trinajstić information content (AvgIpc) is 2.63. The van der Waals surface area contributed by atoms with Crippen molar-refractivity contribution in [2.24, 2.45) is 5.92 Å². The maximum Gasteiger partial charge on any atom is 0.408 e. The first-order chi connectivity index (χ1) is 12.0. The van der Waals surface area contributed by atoms with Crippen LogP contribution in [0.2, 0.25) is 0 Å². The van der Waals surface area contributed by atoms with Crippen molar-refractivity contribution in [3.05, 3.63) is 60.2 Å². The predicted octanol–water partition coefficient (Wildman–Crippen LogP) is 4.33. The zero-order valence-electron chi connectivity index (χ0n) is 14.3. The number of carbonyl (C=O) groups excluding carboxylic acids is 1. The van der Waals surface area contributed by atoms with Gasteiger partial charge in [-0.05, 0) is 34.8 Å². The Bertz CT molecular complexity index is 743. The number of alkyl carbamates (subject to hydrolysis) is 1. The third-order valence-corrected chi connectivity index (χ3v) is 4.55. The maximum absolute atomic E-state index is 12.0. The van der Waals surface area contributed by atoms with Crippen LogP contribution in [0.3, 0.4) is 0 Å². The van der Waals surface area contributed by atoms with Crippen LogP contribution in [0.4, 0.5) is 4.79 Å². The average molecular weight is 355 g/mol. The molecule has 5 heteroatoms. The molecule has 1 N–H and O–H groups in total. The van der Waals surface area contributed by atoms with E-state index in [2.05, 4.69) is 17.4 Å². The van der Waals surface area contributed by atoms with E-state index in [-0.39, 0.29) is 24.7 Å². The van der Waals surface area contributed by atoms with Crippen LogP contribution >= 0.6 is 12.2 Å². The molecule has 0 aliphatic carbocycles. The molecule has 1 amide bonds. The zero-order chi connectivity index (χ0) is 17.8. The molecule has 4 nitrogen and oxygen atoms in total. The maximum atomic E-state index is 12.0. The molecule has 0 unspecified atom stereocenters. The summed E-state index contributed by atoms with van der Waals surface area (Å²) in [4.78, 5) is 12.0. The van der Waals surface area contributed by atoms with Crippen LogP contribution in [-0.4, -0.2) is 23.3 Å². The Balaban J connectivity index is 1.52. The van der Waals surface area contributed by atoms with Crippen LogP contribution < -0.4 is 5.32 Å². The lowest BCUT2D eigenvalue weighted by atomic mass is 9.95. The summed E-state index contributed by atoms with van der Waals surface area (Å²) < 4.78 is 10.7. The van der Waals surface area contributed by atoms with Gasteiger partial charge in [-0.1, -0.05) is 68.4 Å². The van der Waals surface area contributed by atoms with Crippen molar-refractivity contribution in [3.8, 4) is 11.1 Å². The normalized spacial score (nSPS) is 19.1. The van der Waals surface area contributed by atoms with E-state index >= 15 is 0 Å². The van der Waals surface area contributed by atoms with Gasteiger partial charge >= 0.3 is 6.09 Å². The van der Waals surface area contributed by atoms with Crippen molar-refractivity contribution in [2.75, 3.05) is 0 Å². The molecular weight excluding hydrogens is 334 g/mol. The molecule has 1 saturated heterocycles. The lowest BCUT2D eigenvalue weighted by Crippen LogP contribution is -2.61. The molecule has 2 aromatic rings. The fourth-order valence-corrected chi connectivity index (χ4v) is 3.05. The number of amides is 1. The Hall–Kier alpha value is -2.40. The predicted molar refractivity (Wildman–Crippen MR) is 101 cm³/mol. The number of hydrogen-bond donors (Lipinski definition) is 1. The number of hydrogen-bond acceptors (Lipinski definition) is 4. The summed E-state index contributed by atoms with van der Waals surface area (Å²) in [6.45, 7) is 4.27. The molecule has 0 spiro atoms. The van der Waals surface area contributed by atoms with Crippen LogP contribution in [0.1, 0.15) is 19.4 Å². The Morgan fingerprint density at radius 3 is 2.36 bits per heavy atom. The van der Waals surface area contributed by atoms with Crippen LogP contribution in [0, 0.1) is 5.92 Å². The van der Waals surface area contributed by atoms with Gasteiger partial charge in [0.25, 0.3) is 0 Å². The molecule has 1 fully saturated rings. The van der Waals surface area contributed by atoms with Gasteiger partial charge in [0.1, 0.15) is 18.8 Å². The van der Waals surface area contributed by atoms with Crippen molar-refractivity contribution in [1.29, 1.82) is 0 Å². The second-order valence-electron chi connectivity index (χ2n) is 6.41. The van der Waals surface area contributed by atoms with Crippen molar-refractivity contribution in [3.63, 3.8) is 0 Å². The molecule has 0 bridgehead atoms. The topological polar surface area (TPSA) is 47.6 Å². The third-order valence-electron chi connectivity index (χ3n) is 4.20. The number of nitrogens with one attached hydrogen (secondary N) is 1. The highest BCUT2D eigenvalue weighted by Gasteiger charge is 2.42. The largest absolute Gasteiger partial charge is 0.479 e. The summed E-state index contributed by atoms with van der Waals surface area (Å²) in [5.41, 5.74) is 3.22. The molecule has 25 heavy (non-hydrogen) atoms. The third kappa shape index (κ3) is 4.17. The smallest absolute Gasteiger partial charge is 0.408 e. The van der Waals surface area contributed by atoms with Crippen molar-refractivity contribution in [2.45, 2.75) is 32.6 Å². The second kappa shape index (κ2) is 7.66. The molecule has 1 heterocycles. The van der Waals surface area contributed by atoms with Gasteiger partial charge < -0.3 is 14.8 Å². The monoisotopic (exact) mass is 355 g/mol. The highest BCUT2D eigenvalue weighted by molar-refractivity contribution is 7.80. The summed E-state index contributed by atoms with van der Waals surface area (Å²) in [5.74, 6) is 0.280. The summed E-state index contributed by atoms with van der Waals surface area (Å²) in [5, 5.41) is 3.20. The van der Waals surface area contributed by atoms with Crippen LogP contribution in [0.15, 0.2) is 54.6 Å². The fraction of sp³-hybridized carbons (Fsp3) is 0.300. The minimum atomic E-state index is -0.478. The molecule has 0 aromatic heterocycles. The lowest BCUT2D eigenvalue weighted by Gasteiger charge is -2.40. The summed E-state index contributed by atoms with van der Waals surface area (Å²) in [6.07, 6.45) is -0.557. The van der Waals surface area contributed by atoms with E-state index in [4.69, 9.17) is 21.7 Å². The van der Waals surface area contributed by atoms with Crippen LogP contribution in [-0.2, 0) is 16.1 Å². The van der Waals surface area contributed by atoms with Crippen molar-refractivity contribution < 1.29 is 14.3 Å². The number of thiocarbonyl (C=S) groups is 1. The molecule has 0 radical (unpaired) electrons. The first kappa shape index (κ1) is 17.4. The highest BCUT2D eigenvalue weighted by atomic mass is 32.1. The molecule has 2 atom stereocenters. The molecular formula is C20H21NO3S. The highest BCUT2D eigenvalue weighted by Crippen LogP contribution is 2.24. The number of benzene rings is 2. The summed E-state index contributed by atoms with van der Waals surface area (Å²) >= 11 is 5.07. The first-order valence-corrected chi connectivity index (χ1v) is 8.73. The van der Waals surface area contributed by atoms with Gasteiger partial charge in [-0.15, -0.1) is 0 Å². The molecule has 1 aliphatic rings. The standard InChI is InChI=1S/C20H21NO3S/c1-13(2)18-17(19(25)24-18)21-20(22)23-12-14-8-10-16(11-9-14)15-6-4-3-5-7-15/h3-11,13,17-18H,12H2,1-2H3,(H,21,22)/t17-,18+/m1/s1. The molecule has 3 rings (SSSR count). The van der Waals surface area contributed by atoms with E-state index in [1.54, 1.807) is 0 Å².